The van der Waals surface area contributed by atoms with Crippen molar-refractivity contribution in [3.8, 4) is 5.75 Å². The van der Waals surface area contributed by atoms with Crippen LogP contribution in [0.3, 0.4) is 0 Å². The Balaban J connectivity index is 1.76. The van der Waals surface area contributed by atoms with Gasteiger partial charge in [-0.15, -0.1) is 0 Å². The average Bonchev–Trinajstić information content (AvgIpc) is 2.54. The summed E-state index contributed by atoms with van der Waals surface area (Å²) in [6.07, 6.45) is 4.95. The SMILES string of the molecule is Nc1ncc(Sc2ccc(O)cc2)c(N[C@H]2CC[C@H](O)CC2)n1. The second kappa shape index (κ2) is 7.06. The minimum atomic E-state index is -0.186. The maximum atomic E-state index is 9.61. The quantitative estimate of drug-likeness (QED) is 0.682. The highest BCUT2D eigenvalue weighted by atomic mass is 32.2. The first-order chi connectivity index (χ1) is 11.1. The molecule has 1 aromatic heterocycles. The number of nitrogen functional groups attached to an aromatic ring is 1. The molecular formula is C16H20N4O2S. The fraction of sp³-hybridized carbons (Fsp3) is 0.375. The summed E-state index contributed by atoms with van der Waals surface area (Å²) in [5, 5.41) is 22.4. The fourth-order valence-corrected chi connectivity index (χ4v) is 3.45. The van der Waals surface area contributed by atoms with Crippen molar-refractivity contribution in [1.29, 1.82) is 0 Å². The van der Waals surface area contributed by atoms with Gasteiger partial charge in [0.2, 0.25) is 5.95 Å². The molecule has 0 radical (unpaired) electrons. The van der Waals surface area contributed by atoms with Crippen LogP contribution in [-0.4, -0.2) is 32.3 Å². The van der Waals surface area contributed by atoms with Gasteiger partial charge in [0.15, 0.2) is 0 Å². The lowest BCUT2D eigenvalue weighted by Gasteiger charge is -2.27. The Labute approximate surface area is 139 Å². The smallest absolute Gasteiger partial charge is 0.221 e. The Morgan fingerprint density at radius 1 is 1.13 bits per heavy atom. The largest absolute Gasteiger partial charge is 0.508 e. The number of hydrogen-bond acceptors (Lipinski definition) is 7. The van der Waals surface area contributed by atoms with Gasteiger partial charge >= 0.3 is 0 Å². The predicted octanol–water partition coefficient (Wildman–Crippen LogP) is 2.63. The molecule has 1 heterocycles. The van der Waals surface area contributed by atoms with E-state index in [1.165, 1.54) is 11.8 Å². The summed E-state index contributed by atoms with van der Waals surface area (Å²) in [5.41, 5.74) is 5.72. The van der Waals surface area contributed by atoms with Gasteiger partial charge < -0.3 is 21.3 Å². The Kier molecular flexibility index (Phi) is 4.88. The molecule has 1 aromatic carbocycles. The van der Waals surface area contributed by atoms with Gasteiger partial charge in [0.05, 0.1) is 11.0 Å². The van der Waals surface area contributed by atoms with Gasteiger partial charge in [-0.05, 0) is 49.9 Å². The van der Waals surface area contributed by atoms with E-state index in [1.54, 1.807) is 18.3 Å². The molecule has 0 aliphatic heterocycles. The summed E-state index contributed by atoms with van der Waals surface area (Å²) in [4.78, 5) is 10.3. The lowest BCUT2D eigenvalue weighted by atomic mass is 9.93. The first-order valence-corrected chi connectivity index (χ1v) is 8.46. The second-order valence-electron chi connectivity index (χ2n) is 5.69. The highest BCUT2D eigenvalue weighted by Gasteiger charge is 2.21. The lowest BCUT2D eigenvalue weighted by Crippen LogP contribution is -2.28. The van der Waals surface area contributed by atoms with Crippen molar-refractivity contribution in [1.82, 2.24) is 9.97 Å². The van der Waals surface area contributed by atoms with Gasteiger partial charge in [-0.25, -0.2) is 4.98 Å². The van der Waals surface area contributed by atoms with E-state index in [9.17, 15) is 10.2 Å². The van der Waals surface area contributed by atoms with Crippen molar-refractivity contribution in [2.45, 2.75) is 47.6 Å². The minimum absolute atomic E-state index is 0.186. The molecule has 1 saturated carbocycles. The summed E-state index contributed by atoms with van der Waals surface area (Å²) >= 11 is 1.52. The lowest BCUT2D eigenvalue weighted by molar-refractivity contribution is 0.126. The van der Waals surface area contributed by atoms with E-state index in [4.69, 9.17) is 5.73 Å². The van der Waals surface area contributed by atoms with E-state index in [0.29, 0.717) is 0 Å². The number of phenols is 1. The predicted molar refractivity (Wildman–Crippen MR) is 90.6 cm³/mol. The third-order valence-electron chi connectivity index (χ3n) is 3.88. The van der Waals surface area contributed by atoms with E-state index in [-0.39, 0.29) is 23.8 Å². The maximum absolute atomic E-state index is 9.61. The van der Waals surface area contributed by atoms with E-state index < -0.39 is 0 Å². The molecule has 7 heteroatoms. The Morgan fingerprint density at radius 3 is 2.52 bits per heavy atom. The highest BCUT2D eigenvalue weighted by molar-refractivity contribution is 7.99. The molecule has 0 saturated heterocycles. The molecule has 122 valence electrons. The van der Waals surface area contributed by atoms with Crippen molar-refractivity contribution < 1.29 is 10.2 Å². The topological polar surface area (TPSA) is 104 Å². The molecule has 23 heavy (non-hydrogen) atoms. The van der Waals surface area contributed by atoms with Crippen LogP contribution in [0.25, 0.3) is 0 Å². The van der Waals surface area contributed by atoms with Crippen molar-refractivity contribution in [2.24, 2.45) is 0 Å². The molecule has 6 nitrogen and oxygen atoms in total. The zero-order valence-corrected chi connectivity index (χ0v) is 13.5. The summed E-state index contributed by atoms with van der Waals surface area (Å²) < 4.78 is 0. The number of aromatic hydroxyl groups is 1. The molecule has 5 N–H and O–H groups in total. The van der Waals surface area contributed by atoms with Crippen LogP contribution in [0.2, 0.25) is 0 Å². The molecule has 0 bridgehead atoms. The molecule has 1 aliphatic carbocycles. The third-order valence-corrected chi connectivity index (χ3v) is 4.90. The molecule has 0 atom stereocenters. The molecule has 1 aliphatic rings. The van der Waals surface area contributed by atoms with Crippen LogP contribution in [-0.2, 0) is 0 Å². The number of phenolic OH excluding ortho intramolecular Hbond substituents is 1. The minimum Gasteiger partial charge on any atom is -0.508 e. The number of aliphatic hydroxyl groups excluding tert-OH is 1. The number of rotatable bonds is 4. The number of nitrogens with zero attached hydrogens (tertiary/aromatic N) is 2. The van der Waals surface area contributed by atoms with Crippen molar-refractivity contribution in [2.75, 3.05) is 11.1 Å². The van der Waals surface area contributed by atoms with Gasteiger partial charge in [0.1, 0.15) is 11.6 Å². The molecular weight excluding hydrogens is 312 g/mol. The number of benzene rings is 1. The number of anilines is 2. The standard InChI is InChI=1S/C16H20N4O2S/c17-16-18-9-14(23-13-7-5-12(22)6-8-13)15(20-16)19-10-1-3-11(21)4-2-10/h5-11,21-22H,1-4H2,(H3,17,18,19,20)/t10-,11-. The zero-order valence-electron chi connectivity index (χ0n) is 12.6. The third kappa shape index (κ3) is 4.27. The van der Waals surface area contributed by atoms with E-state index in [2.05, 4.69) is 15.3 Å². The fourth-order valence-electron chi connectivity index (χ4n) is 2.62. The normalized spacial score (nSPS) is 21.1. The molecule has 3 rings (SSSR count). The first kappa shape index (κ1) is 15.9. The zero-order chi connectivity index (χ0) is 16.2. The van der Waals surface area contributed by atoms with Gasteiger partial charge in [0.25, 0.3) is 0 Å². The van der Waals surface area contributed by atoms with Gasteiger partial charge in [0, 0.05) is 17.1 Å². The summed E-state index contributed by atoms with van der Waals surface area (Å²) in [6.45, 7) is 0. The van der Waals surface area contributed by atoms with Crippen LogP contribution in [0.5, 0.6) is 5.75 Å². The van der Waals surface area contributed by atoms with Gasteiger partial charge in [-0.3, -0.25) is 0 Å². The summed E-state index contributed by atoms with van der Waals surface area (Å²) in [5.74, 6) is 1.19. The van der Waals surface area contributed by atoms with Crippen molar-refractivity contribution in [3.05, 3.63) is 30.5 Å². The second-order valence-corrected chi connectivity index (χ2v) is 6.80. The molecule has 0 unspecified atom stereocenters. The molecule has 1 fully saturated rings. The van der Waals surface area contributed by atoms with Crippen LogP contribution < -0.4 is 11.1 Å². The molecule has 0 spiro atoms. The van der Waals surface area contributed by atoms with Gasteiger partial charge in [-0.1, -0.05) is 11.8 Å². The molecule has 2 aromatic rings. The van der Waals surface area contributed by atoms with Crippen LogP contribution in [0.4, 0.5) is 11.8 Å². The Hall–Kier alpha value is -1.99. The van der Waals surface area contributed by atoms with Crippen molar-refractivity contribution in [3.63, 3.8) is 0 Å². The van der Waals surface area contributed by atoms with Crippen LogP contribution in [0, 0.1) is 0 Å². The van der Waals surface area contributed by atoms with Crippen molar-refractivity contribution >= 4 is 23.5 Å². The number of nitrogens with one attached hydrogen (secondary N) is 1. The number of hydrogen-bond donors (Lipinski definition) is 4. The van der Waals surface area contributed by atoms with Crippen LogP contribution in [0.1, 0.15) is 25.7 Å². The Morgan fingerprint density at radius 2 is 1.83 bits per heavy atom. The Bertz CT molecular complexity index is 658. The van der Waals surface area contributed by atoms with E-state index in [0.717, 1.165) is 41.3 Å². The number of nitrogens with two attached hydrogens (primary N) is 1. The average molecular weight is 332 g/mol. The maximum Gasteiger partial charge on any atom is 0.221 e. The number of aromatic nitrogens is 2. The summed E-state index contributed by atoms with van der Waals surface area (Å²) in [6, 6.07) is 7.27. The van der Waals surface area contributed by atoms with E-state index >= 15 is 0 Å². The highest BCUT2D eigenvalue weighted by Crippen LogP contribution is 2.34. The molecule has 0 amide bonds. The summed E-state index contributed by atoms with van der Waals surface area (Å²) in [7, 11) is 0. The van der Waals surface area contributed by atoms with Crippen LogP contribution >= 0.6 is 11.8 Å². The van der Waals surface area contributed by atoms with Gasteiger partial charge in [-0.2, -0.15) is 4.98 Å². The number of aliphatic hydroxyl groups is 1. The monoisotopic (exact) mass is 332 g/mol. The first-order valence-electron chi connectivity index (χ1n) is 7.64. The van der Waals surface area contributed by atoms with Crippen LogP contribution in [0.15, 0.2) is 40.3 Å². The van der Waals surface area contributed by atoms with E-state index in [1.807, 2.05) is 12.1 Å².